The average molecular weight is 321 g/mol. The van der Waals surface area contributed by atoms with Gasteiger partial charge in [0.25, 0.3) is 0 Å². The van der Waals surface area contributed by atoms with Gasteiger partial charge in [-0.2, -0.15) is 0 Å². The van der Waals surface area contributed by atoms with Gasteiger partial charge in [-0.05, 0) is 45.1 Å². The molecule has 2 heterocycles. The summed E-state index contributed by atoms with van der Waals surface area (Å²) in [6.45, 7) is 3.61. The first kappa shape index (κ1) is 16.7. The first-order valence-corrected chi connectivity index (χ1v) is 9.36. The minimum absolute atomic E-state index is 0.126. The lowest BCUT2D eigenvalue weighted by Gasteiger charge is -2.41. The second-order valence-electron chi connectivity index (χ2n) is 7.73. The summed E-state index contributed by atoms with van der Waals surface area (Å²) in [5, 5.41) is 2.92. The van der Waals surface area contributed by atoms with Gasteiger partial charge in [0, 0.05) is 26.2 Å². The summed E-state index contributed by atoms with van der Waals surface area (Å²) < 4.78 is 0. The largest absolute Gasteiger partial charge is 0.342 e. The van der Waals surface area contributed by atoms with E-state index in [4.69, 9.17) is 0 Å². The summed E-state index contributed by atoms with van der Waals surface area (Å²) >= 11 is 0. The monoisotopic (exact) mass is 321 g/mol. The van der Waals surface area contributed by atoms with Crippen molar-refractivity contribution in [1.82, 2.24) is 15.1 Å². The van der Waals surface area contributed by atoms with Crippen LogP contribution in [0.3, 0.4) is 0 Å². The molecular weight excluding hydrogens is 290 g/mol. The van der Waals surface area contributed by atoms with Crippen LogP contribution in [0.1, 0.15) is 51.4 Å². The summed E-state index contributed by atoms with van der Waals surface area (Å²) in [4.78, 5) is 29.3. The van der Waals surface area contributed by atoms with Crippen LogP contribution in [0.5, 0.6) is 0 Å². The fourth-order valence-corrected chi connectivity index (χ4v) is 4.73. The Morgan fingerprint density at radius 2 is 1.96 bits per heavy atom. The second kappa shape index (κ2) is 7.20. The smallest absolute Gasteiger partial charge is 0.236 e. The Labute approximate surface area is 139 Å². The van der Waals surface area contributed by atoms with Gasteiger partial charge in [-0.1, -0.05) is 19.3 Å². The summed E-state index contributed by atoms with van der Waals surface area (Å²) in [6.07, 6.45) is 9.46. The van der Waals surface area contributed by atoms with Crippen molar-refractivity contribution in [2.24, 2.45) is 11.3 Å². The summed E-state index contributed by atoms with van der Waals surface area (Å²) in [7, 11) is 1.79. The Kier molecular flexibility index (Phi) is 5.24. The molecule has 2 aliphatic heterocycles. The number of nitrogens with one attached hydrogen (secondary N) is 1. The topological polar surface area (TPSA) is 52.7 Å². The van der Waals surface area contributed by atoms with Crippen LogP contribution >= 0.6 is 0 Å². The van der Waals surface area contributed by atoms with Crippen molar-refractivity contribution < 1.29 is 9.59 Å². The van der Waals surface area contributed by atoms with Gasteiger partial charge in [0.2, 0.25) is 11.8 Å². The van der Waals surface area contributed by atoms with Crippen LogP contribution in [-0.2, 0) is 9.59 Å². The maximum atomic E-state index is 13.1. The third-order valence-electron chi connectivity index (χ3n) is 6.06. The molecule has 3 aliphatic rings. The molecule has 0 bridgehead atoms. The Morgan fingerprint density at radius 1 is 1.17 bits per heavy atom. The van der Waals surface area contributed by atoms with E-state index in [2.05, 4.69) is 10.2 Å². The fourth-order valence-electron chi connectivity index (χ4n) is 4.73. The SMILES string of the molecule is CNCC(=O)N1CC[C@]2(CCCN(CC3CCCCC3)C2=O)C1. The molecule has 0 aromatic rings. The van der Waals surface area contributed by atoms with Crippen molar-refractivity contribution in [3.63, 3.8) is 0 Å². The van der Waals surface area contributed by atoms with Crippen molar-refractivity contribution in [3.8, 4) is 0 Å². The van der Waals surface area contributed by atoms with Gasteiger partial charge in [0.05, 0.1) is 12.0 Å². The first-order chi connectivity index (χ1) is 11.1. The van der Waals surface area contributed by atoms with Gasteiger partial charge in [0.1, 0.15) is 0 Å². The highest BCUT2D eigenvalue weighted by Crippen LogP contribution is 2.40. The van der Waals surface area contributed by atoms with E-state index < -0.39 is 0 Å². The molecule has 0 aromatic carbocycles. The number of hydrogen-bond acceptors (Lipinski definition) is 3. The maximum Gasteiger partial charge on any atom is 0.236 e. The number of rotatable bonds is 4. The molecule has 1 atom stereocenters. The zero-order valence-electron chi connectivity index (χ0n) is 14.5. The quantitative estimate of drug-likeness (QED) is 0.856. The molecule has 1 N–H and O–H groups in total. The molecule has 0 radical (unpaired) electrons. The Bertz CT molecular complexity index is 448. The molecule has 3 fully saturated rings. The average Bonchev–Trinajstić information content (AvgIpc) is 2.99. The van der Waals surface area contributed by atoms with E-state index in [9.17, 15) is 9.59 Å². The number of amides is 2. The molecule has 130 valence electrons. The number of carbonyl (C=O) groups excluding carboxylic acids is 2. The van der Waals surface area contributed by atoms with Gasteiger partial charge in [-0.15, -0.1) is 0 Å². The molecule has 5 heteroatoms. The number of piperidine rings is 1. The van der Waals surface area contributed by atoms with E-state index >= 15 is 0 Å². The van der Waals surface area contributed by atoms with Gasteiger partial charge in [-0.25, -0.2) is 0 Å². The van der Waals surface area contributed by atoms with Crippen LogP contribution in [0.15, 0.2) is 0 Å². The summed E-state index contributed by atoms with van der Waals surface area (Å²) in [6, 6.07) is 0. The van der Waals surface area contributed by atoms with Crippen LogP contribution in [0.4, 0.5) is 0 Å². The van der Waals surface area contributed by atoms with Crippen molar-refractivity contribution in [3.05, 3.63) is 0 Å². The minimum atomic E-state index is -0.281. The Morgan fingerprint density at radius 3 is 2.70 bits per heavy atom. The summed E-state index contributed by atoms with van der Waals surface area (Å²) in [5.41, 5.74) is -0.281. The number of likely N-dealkylation sites (N-methyl/N-ethyl adjacent to an activating group) is 1. The molecule has 23 heavy (non-hydrogen) atoms. The minimum Gasteiger partial charge on any atom is -0.342 e. The predicted octanol–water partition coefficient (Wildman–Crippen LogP) is 1.63. The molecule has 1 aliphatic carbocycles. The lowest BCUT2D eigenvalue weighted by molar-refractivity contribution is -0.147. The van der Waals surface area contributed by atoms with Crippen LogP contribution in [0.25, 0.3) is 0 Å². The Hall–Kier alpha value is -1.10. The van der Waals surface area contributed by atoms with Crippen LogP contribution in [0.2, 0.25) is 0 Å². The third kappa shape index (κ3) is 3.54. The number of hydrogen-bond donors (Lipinski definition) is 1. The fraction of sp³-hybridized carbons (Fsp3) is 0.889. The lowest BCUT2D eigenvalue weighted by Crippen LogP contribution is -2.52. The van der Waals surface area contributed by atoms with E-state index in [1.54, 1.807) is 7.05 Å². The first-order valence-electron chi connectivity index (χ1n) is 9.36. The van der Waals surface area contributed by atoms with Crippen molar-refractivity contribution >= 4 is 11.8 Å². The van der Waals surface area contributed by atoms with Gasteiger partial charge >= 0.3 is 0 Å². The van der Waals surface area contributed by atoms with Crippen LogP contribution in [-0.4, -0.2) is 61.4 Å². The normalized spacial score (nSPS) is 29.5. The van der Waals surface area contributed by atoms with Crippen molar-refractivity contribution in [2.75, 3.05) is 39.8 Å². The third-order valence-corrected chi connectivity index (χ3v) is 6.06. The van der Waals surface area contributed by atoms with E-state index in [1.807, 2.05) is 4.90 Å². The maximum absolute atomic E-state index is 13.1. The zero-order chi connectivity index (χ0) is 16.3. The van der Waals surface area contributed by atoms with E-state index in [0.717, 1.165) is 38.9 Å². The molecule has 2 saturated heterocycles. The van der Waals surface area contributed by atoms with Gasteiger partial charge in [-0.3, -0.25) is 9.59 Å². The zero-order valence-corrected chi connectivity index (χ0v) is 14.5. The molecule has 1 saturated carbocycles. The van der Waals surface area contributed by atoms with E-state index in [0.29, 0.717) is 24.9 Å². The predicted molar refractivity (Wildman–Crippen MR) is 89.9 cm³/mol. The van der Waals surface area contributed by atoms with E-state index in [1.165, 1.54) is 32.1 Å². The van der Waals surface area contributed by atoms with Crippen molar-refractivity contribution in [2.45, 2.75) is 51.4 Å². The highest BCUT2D eigenvalue weighted by atomic mass is 16.2. The standard InChI is InChI=1S/C18H31N3O2/c1-19-12-16(22)21-11-9-18(14-21)8-5-10-20(17(18)23)13-15-6-3-2-4-7-15/h15,19H,2-14H2,1H3/t18-/m1/s1. The number of likely N-dealkylation sites (tertiary alicyclic amines) is 2. The number of nitrogens with zero attached hydrogens (tertiary/aromatic N) is 2. The lowest BCUT2D eigenvalue weighted by atomic mass is 9.77. The molecule has 0 unspecified atom stereocenters. The summed E-state index contributed by atoms with van der Waals surface area (Å²) in [5.74, 6) is 1.15. The van der Waals surface area contributed by atoms with E-state index in [-0.39, 0.29) is 11.3 Å². The van der Waals surface area contributed by atoms with Gasteiger partial charge < -0.3 is 15.1 Å². The molecule has 1 spiro atoms. The highest BCUT2D eigenvalue weighted by Gasteiger charge is 2.49. The van der Waals surface area contributed by atoms with Gasteiger partial charge in [0.15, 0.2) is 0 Å². The molecule has 5 nitrogen and oxygen atoms in total. The molecule has 0 aromatic heterocycles. The highest BCUT2D eigenvalue weighted by molar-refractivity contribution is 5.86. The molecule has 3 rings (SSSR count). The second-order valence-corrected chi connectivity index (χ2v) is 7.73. The molecular formula is C18H31N3O2. The molecule has 2 amide bonds. The van der Waals surface area contributed by atoms with Crippen LogP contribution < -0.4 is 5.32 Å². The van der Waals surface area contributed by atoms with Crippen LogP contribution in [0, 0.1) is 11.3 Å². The van der Waals surface area contributed by atoms with Crippen molar-refractivity contribution in [1.29, 1.82) is 0 Å². The number of carbonyl (C=O) groups is 2. The Balaban J connectivity index is 1.61.